The molecule has 1 aliphatic carbocycles. The minimum atomic E-state index is 0.329. The molecule has 1 amide bonds. The van der Waals surface area contributed by atoms with Crippen LogP contribution in [-0.4, -0.2) is 47.0 Å². The second-order valence-corrected chi connectivity index (χ2v) is 11.0. The Hall–Kier alpha value is -1.69. The van der Waals surface area contributed by atoms with E-state index in [1.54, 1.807) is 0 Å². The van der Waals surface area contributed by atoms with Gasteiger partial charge in [0, 0.05) is 43.4 Å². The van der Waals surface area contributed by atoms with Gasteiger partial charge in [0.05, 0.1) is 5.39 Å². The number of carbonyl (C=O) groups excluding carboxylic acids is 1. The Morgan fingerprint density at radius 3 is 2.62 bits per heavy atom. The number of piperazine rings is 1. The number of aryl methyl sites for hydroxylation is 1. The second-order valence-electron chi connectivity index (χ2n) is 9.93. The minimum absolute atomic E-state index is 0.329. The van der Waals surface area contributed by atoms with Crippen molar-refractivity contribution >= 4 is 33.3 Å². The summed E-state index contributed by atoms with van der Waals surface area (Å²) in [5.41, 5.74) is 1.50. The van der Waals surface area contributed by atoms with E-state index in [0.29, 0.717) is 18.2 Å². The highest BCUT2D eigenvalue weighted by Gasteiger charge is 2.29. The highest BCUT2D eigenvalue weighted by Crippen LogP contribution is 2.41. The van der Waals surface area contributed by atoms with Gasteiger partial charge in [-0.15, -0.1) is 11.3 Å². The largest absolute Gasteiger partial charge is 0.352 e. The highest BCUT2D eigenvalue weighted by atomic mass is 32.1. The lowest BCUT2D eigenvalue weighted by molar-refractivity contribution is -0.131. The Bertz CT molecular complexity index is 932. The number of fused-ring (bicyclic) bond motifs is 3. The van der Waals surface area contributed by atoms with Gasteiger partial charge in [-0.2, -0.15) is 0 Å². The summed E-state index contributed by atoms with van der Waals surface area (Å²) in [7, 11) is 0. The fraction of sp³-hybridized carbons (Fsp3) is 0.731. The van der Waals surface area contributed by atoms with Crippen molar-refractivity contribution in [3.05, 3.63) is 16.3 Å². The lowest BCUT2D eigenvalue weighted by Gasteiger charge is -2.36. The summed E-state index contributed by atoms with van der Waals surface area (Å²) in [6, 6.07) is 0. The number of thiophene rings is 1. The molecule has 2 atom stereocenters. The van der Waals surface area contributed by atoms with Gasteiger partial charge >= 0.3 is 0 Å². The zero-order chi connectivity index (χ0) is 22.7. The van der Waals surface area contributed by atoms with E-state index in [0.717, 1.165) is 63.0 Å². The number of nitrogens with zero attached hydrogens (tertiary/aromatic N) is 4. The molecule has 5 nitrogen and oxygen atoms in total. The first kappa shape index (κ1) is 23.5. The van der Waals surface area contributed by atoms with Gasteiger partial charge in [0.15, 0.2) is 0 Å². The molecule has 176 valence electrons. The van der Waals surface area contributed by atoms with E-state index in [9.17, 15) is 4.79 Å². The molecule has 0 N–H and O–H groups in total. The normalized spacial score (nSPS) is 19.9. The van der Waals surface area contributed by atoms with Gasteiger partial charge in [-0.05, 0) is 43.6 Å². The maximum Gasteiger partial charge on any atom is 0.222 e. The van der Waals surface area contributed by atoms with Gasteiger partial charge in [-0.25, -0.2) is 9.97 Å². The molecule has 0 radical (unpaired) electrons. The molecule has 3 heterocycles. The van der Waals surface area contributed by atoms with Crippen LogP contribution in [0.3, 0.4) is 0 Å². The average molecular weight is 457 g/mol. The molecule has 6 heteroatoms. The SMILES string of the molecule is CCCCCCC(=O)N1CCN(c2nc([C@H](C)CC)nc3sc4c(c23)CC[C@H](C)C4)CC1. The summed E-state index contributed by atoms with van der Waals surface area (Å²) in [5.74, 6) is 3.56. The number of aromatic nitrogens is 2. The van der Waals surface area contributed by atoms with E-state index >= 15 is 0 Å². The average Bonchev–Trinajstić information content (AvgIpc) is 3.18. The van der Waals surface area contributed by atoms with Gasteiger partial charge in [0.2, 0.25) is 5.91 Å². The fourth-order valence-electron chi connectivity index (χ4n) is 5.00. The van der Waals surface area contributed by atoms with Crippen LogP contribution in [0.2, 0.25) is 0 Å². The zero-order valence-electron chi connectivity index (χ0n) is 20.5. The standard InChI is InChI=1S/C26H40N4OS/c1-5-7-8-9-10-22(31)29-13-15-30(16-14-29)25-23-20-12-11-18(3)17-21(20)32-26(23)28-24(27-25)19(4)6-2/h18-19H,5-17H2,1-4H3/t18-,19+/m0/s1. The first-order valence-corrected chi connectivity index (χ1v) is 13.7. The Morgan fingerprint density at radius 2 is 1.91 bits per heavy atom. The van der Waals surface area contributed by atoms with Crippen molar-refractivity contribution < 1.29 is 4.79 Å². The number of anilines is 1. The quantitative estimate of drug-likeness (QED) is 0.461. The predicted octanol–water partition coefficient (Wildman–Crippen LogP) is 5.95. The number of hydrogen-bond donors (Lipinski definition) is 0. The summed E-state index contributed by atoms with van der Waals surface area (Å²) in [6.45, 7) is 12.4. The van der Waals surface area contributed by atoms with Crippen molar-refractivity contribution in [3.63, 3.8) is 0 Å². The van der Waals surface area contributed by atoms with Crippen LogP contribution in [0.1, 0.15) is 94.8 Å². The zero-order valence-corrected chi connectivity index (χ0v) is 21.3. The number of hydrogen-bond acceptors (Lipinski definition) is 5. The summed E-state index contributed by atoms with van der Waals surface area (Å²) < 4.78 is 0. The predicted molar refractivity (Wildman–Crippen MR) is 135 cm³/mol. The molecule has 0 unspecified atom stereocenters. The first-order valence-electron chi connectivity index (χ1n) is 12.9. The van der Waals surface area contributed by atoms with Crippen molar-refractivity contribution in [2.24, 2.45) is 5.92 Å². The number of rotatable bonds is 8. The third kappa shape index (κ3) is 4.95. The molecule has 2 aromatic rings. The van der Waals surface area contributed by atoms with Crippen LogP contribution in [-0.2, 0) is 17.6 Å². The molecule has 0 spiro atoms. The molecule has 4 rings (SSSR count). The van der Waals surface area contributed by atoms with Crippen LogP contribution in [0, 0.1) is 5.92 Å². The maximum absolute atomic E-state index is 12.7. The van der Waals surface area contributed by atoms with Gasteiger partial charge in [-0.3, -0.25) is 4.79 Å². The van der Waals surface area contributed by atoms with Crippen molar-refractivity contribution in [1.29, 1.82) is 0 Å². The van der Waals surface area contributed by atoms with Gasteiger partial charge in [-0.1, -0.05) is 47.0 Å². The van der Waals surface area contributed by atoms with Crippen LogP contribution >= 0.6 is 11.3 Å². The number of carbonyl (C=O) groups is 1. The highest BCUT2D eigenvalue weighted by molar-refractivity contribution is 7.19. The molecule has 1 saturated heterocycles. The maximum atomic E-state index is 12.7. The Labute approximate surface area is 197 Å². The van der Waals surface area contributed by atoms with Crippen molar-refractivity contribution in [2.45, 2.75) is 91.4 Å². The van der Waals surface area contributed by atoms with Gasteiger partial charge in [0.1, 0.15) is 16.5 Å². The Balaban J connectivity index is 1.55. The topological polar surface area (TPSA) is 49.3 Å². The molecule has 0 saturated carbocycles. The molecule has 1 aliphatic heterocycles. The van der Waals surface area contributed by atoms with Crippen molar-refractivity contribution in [1.82, 2.24) is 14.9 Å². The first-order chi connectivity index (χ1) is 15.5. The van der Waals surface area contributed by atoms with E-state index in [1.165, 1.54) is 52.8 Å². The molecule has 2 aliphatic rings. The van der Waals surface area contributed by atoms with E-state index in [1.807, 2.05) is 11.3 Å². The number of amides is 1. The van der Waals surface area contributed by atoms with Crippen molar-refractivity contribution in [3.8, 4) is 0 Å². The lowest BCUT2D eigenvalue weighted by atomic mass is 9.89. The molecule has 32 heavy (non-hydrogen) atoms. The fourth-order valence-corrected chi connectivity index (χ4v) is 6.38. The van der Waals surface area contributed by atoms with Crippen LogP contribution in [0.15, 0.2) is 0 Å². The summed E-state index contributed by atoms with van der Waals surface area (Å²) in [6.07, 6.45) is 9.96. The summed E-state index contributed by atoms with van der Waals surface area (Å²) in [5, 5.41) is 1.31. The number of unbranched alkanes of at least 4 members (excludes halogenated alkanes) is 3. The van der Waals surface area contributed by atoms with Crippen LogP contribution in [0.4, 0.5) is 5.82 Å². The lowest BCUT2D eigenvalue weighted by Crippen LogP contribution is -2.49. The molecule has 0 aromatic carbocycles. The third-order valence-corrected chi connectivity index (χ3v) is 8.53. The van der Waals surface area contributed by atoms with Crippen molar-refractivity contribution in [2.75, 3.05) is 31.1 Å². The van der Waals surface area contributed by atoms with Crippen LogP contribution in [0.25, 0.3) is 10.2 Å². The van der Waals surface area contributed by atoms with Gasteiger partial charge < -0.3 is 9.80 Å². The minimum Gasteiger partial charge on any atom is -0.352 e. The van der Waals surface area contributed by atoms with Gasteiger partial charge in [0.25, 0.3) is 0 Å². The summed E-state index contributed by atoms with van der Waals surface area (Å²) >= 11 is 1.90. The van der Waals surface area contributed by atoms with E-state index < -0.39 is 0 Å². The molecular weight excluding hydrogens is 416 g/mol. The molecule has 0 bridgehead atoms. The monoisotopic (exact) mass is 456 g/mol. The molecular formula is C26H40N4OS. The Kier molecular flexibility index (Phi) is 7.70. The molecule has 2 aromatic heterocycles. The third-order valence-electron chi connectivity index (χ3n) is 7.38. The van der Waals surface area contributed by atoms with E-state index in [-0.39, 0.29) is 0 Å². The van der Waals surface area contributed by atoms with E-state index in [4.69, 9.17) is 9.97 Å². The van der Waals surface area contributed by atoms with Crippen LogP contribution < -0.4 is 4.90 Å². The second kappa shape index (κ2) is 10.5. The smallest absolute Gasteiger partial charge is 0.222 e. The Morgan fingerprint density at radius 1 is 1.12 bits per heavy atom. The summed E-state index contributed by atoms with van der Waals surface area (Å²) in [4.78, 5) is 30.1. The van der Waals surface area contributed by atoms with Crippen LogP contribution in [0.5, 0.6) is 0 Å². The molecule has 1 fully saturated rings. The van der Waals surface area contributed by atoms with E-state index in [2.05, 4.69) is 37.5 Å².